The summed E-state index contributed by atoms with van der Waals surface area (Å²) in [6.45, 7) is -0.817. The van der Waals surface area contributed by atoms with Gasteiger partial charge in [-0.2, -0.15) is 0 Å². The summed E-state index contributed by atoms with van der Waals surface area (Å²) < 4.78 is 34.2. The summed E-state index contributed by atoms with van der Waals surface area (Å²) >= 11 is 17.7. The summed E-state index contributed by atoms with van der Waals surface area (Å²) in [5.74, 6) is -1.24. The van der Waals surface area contributed by atoms with Gasteiger partial charge in [0.2, 0.25) is 15.9 Å². The molecule has 1 atom stereocenters. The molecule has 0 spiro atoms. The molecular weight excluding hydrogens is 479 g/mol. The zero-order valence-corrected chi connectivity index (χ0v) is 18.4. The second-order valence-electron chi connectivity index (χ2n) is 6.07. The number of nitrogens with zero attached hydrogens (tertiary/aromatic N) is 1. The minimum atomic E-state index is -4.17. The molecule has 0 saturated carbocycles. The van der Waals surface area contributed by atoms with Crippen molar-refractivity contribution in [1.29, 1.82) is 0 Å². The van der Waals surface area contributed by atoms with E-state index in [1.807, 2.05) is 0 Å². The van der Waals surface area contributed by atoms with Crippen LogP contribution in [-0.4, -0.2) is 48.2 Å². The van der Waals surface area contributed by atoms with Gasteiger partial charge < -0.3 is 14.8 Å². The molecule has 3 rings (SSSR count). The van der Waals surface area contributed by atoms with Crippen LogP contribution >= 0.6 is 34.8 Å². The summed E-state index contributed by atoms with van der Waals surface area (Å²) in [4.78, 5) is 24.8. The van der Waals surface area contributed by atoms with E-state index in [2.05, 4.69) is 5.32 Å². The maximum Gasteiger partial charge on any atom is 0.269 e. The average molecular weight is 494 g/mol. The first-order valence-electron chi connectivity index (χ1n) is 8.37. The Morgan fingerprint density at radius 3 is 2.30 bits per heavy atom. The van der Waals surface area contributed by atoms with E-state index in [1.165, 1.54) is 37.4 Å². The van der Waals surface area contributed by atoms with Crippen molar-refractivity contribution in [2.24, 2.45) is 0 Å². The molecule has 0 fully saturated rings. The number of rotatable bonds is 6. The highest BCUT2D eigenvalue weighted by molar-refractivity contribution is 7.90. The lowest BCUT2D eigenvalue weighted by Gasteiger charge is -2.27. The van der Waals surface area contributed by atoms with Crippen LogP contribution in [0.5, 0.6) is 11.5 Å². The third-order valence-electron chi connectivity index (χ3n) is 4.10. The second-order valence-corrected chi connectivity index (χ2v) is 10.3. The van der Waals surface area contributed by atoms with Gasteiger partial charge in [0, 0.05) is 0 Å². The fourth-order valence-electron chi connectivity index (χ4n) is 2.73. The van der Waals surface area contributed by atoms with Gasteiger partial charge in [0.15, 0.2) is 11.5 Å². The molecule has 0 saturated heterocycles. The van der Waals surface area contributed by atoms with Crippen LogP contribution in [0.1, 0.15) is 10.4 Å². The van der Waals surface area contributed by atoms with Gasteiger partial charge in [-0.25, -0.2) is 12.7 Å². The van der Waals surface area contributed by atoms with Crippen LogP contribution < -0.4 is 14.8 Å². The van der Waals surface area contributed by atoms with Crippen LogP contribution in [-0.2, 0) is 14.8 Å². The van der Waals surface area contributed by atoms with E-state index in [0.717, 1.165) is 0 Å². The number of carbonyl (C=O) groups is 2. The molecule has 1 heterocycles. The van der Waals surface area contributed by atoms with E-state index in [9.17, 15) is 18.0 Å². The fraction of sp³-hybridized carbons (Fsp3) is 0.222. The van der Waals surface area contributed by atoms with E-state index >= 15 is 0 Å². The first-order chi connectivity index (χ1) is 14.1. The van der Waals surface area contributed by atoms with Gasteiger partial charge in [-0.1, -0.05) is 59.1 Å². The molecule has 2 aromatic rings. The van der Waals surface area contributed by atoms with Gasteiger partial charge in [0.05, 0.1) is 12.7 Å². The van der Waals surface area contributed by atoms with Gasteiger partial charge in [0.1, 0.15) is 11.4 Å². The Morgan fingerprint density at radius 2 is 1.70 bits per heavy atom. The quantitative estimate of drug-likeness (QED) is 0.490. The number of ether oxygens (including phenoxy) is 2. The molecule has 2 amide bonds. The molecule has 1 aliphatic rings. The minimum Gasteiger partial charge on any atom is -0.493 e. The topological polar surface area (TPSA) is 102 Å². The number of fused-ring (bicyclic) bond motifs is 1. The van der Waals surface area contributed by atoms with Crippen molar-refractivity contribution in [3.63, 3.8) is 0 Å². The zero-order valence-electron chi connectivity index (χ0n) is 15.3. The molecule has 1 N–H and O–H groups in total. The van der Waals surface area contributed by atoms with Crippen molar-refractivity contribution < 1.29 is 27.5 Å². The maximum absolute atomic E-state index is 12.6. The van der Waals surface area contributed by atoms with Crippen molar-refractivity contribution in [3.8, 4) is 11.5 Å². The van der Waals surface area contributed by atoms with Gasteiger partial charge in [-0.15, -0.1) is 0 Å². The third-order valence-corrected chi connectivity index (χ3v) is 6.48. The second kappa shape index (κ2) is 8.50. The largest absolute Gasteiger partial charge is 0.493 e. The molecule has 8 nitrogen and oxygen atoms in total. The van der Waals surface area contributed by atoms with E-state index < -0.39 is 38.4 Å². The molecule has 0 aliphatic carbocycles. The van der Waals surface area contributed by atoms with Gasteiger partial charge in [0.25, 0.3) is 15.9 Å². The summed E-state index contributed by atoms with van der Waals surface area (Å²) in [6, 6.07) is 12.1. The van der Waals surface area contributed by atoms with E-state index in [1.54, 1.807) is 18.2 Å². The number of sulfonamides is 1. The molecule has 0 radical (unpaired) electrons. The van der Waals surface area contributed by atoms with E-state index in [0.29, 0.717) is 10.1 Å². The highest BCUT2D eigenvalue weighted by Gasteiger charge is 2.43. The summed E-state index contributed by atoms with van der Waals surface area (Å²) in [5, 5.41) is 2.30. The molecular formula is C18H15Cl3N2O6S. The van der Waals surface area contributed by atoms with Gasteiger partial charge in [-0.05, 0) is 24.3 Å². The molecule has 2 aromatic carbocycles. The number of hydrogen-bond acceptors (Lipinski definition) is 6. The average Bonchev–Trinajstić information content (AvgIpc) is 2.88. The number of nitrogens with one attached hydrogen (secondary N) is 1. The molecule has 0 unspecified atom stereocenters. The van der Waals surface area contributed by atoms with Crippen LogP contribution in [0.4, 0.5) is 0 Å². The van der Waals surface area contributed by atoms with Crippen molar-refractivity contribution in [2.75, 3.05) is 13.7 Å². The Kier molecular flexibility index (Phi) is 6.37. The lowest BCUT2D eigenvalue weighted by molar-refractivity contribution is -0.123. The predicted octanol–water partition coefficient (Wildman–Crippen LogP) is 2.73. The molecule has 30 heavy (non-hydrogen) atoms. The predicted molar refractivity (Wildman–Crippen MR) is 111 cm³/mol. The third kappa shape index (κ3) is 4.44. The van der Waals surface area contributed by atoms with Crippen molar-refractivity contribution in [1.82, 2.24) is 9.62 Å². The van der Waals surface area contributed by atoms with Crippen molar-refractivity contribution in [3.05, 3.63) is 54.1 Å². The monoisotopic (exact) mass is 492 g/mol. The Balaban J connectivity index is 1.78. The summed E-state index contributed by atoms with van der Waals surface area (Å²) in [5.41, 5.74) is -0.0199. The lowest BCUT2D eigenvalue weighted by Crippen LogP contribution is -2.51. The lowest BCUT2D eigenvalue weighted by atomic mass is 10.2. The van der Waals surface area contributed by atoms with Gasteiger partial charge >= 0.3 is 0 Å². The number of amides is 2. The SMILES string of the molecule is COc1ccccc1O[C@@H](NC(=O)CN1C(=O)c2ccccc2S1(=O)=O)C(Cl)(Cl)Cl. The van der Waals surface area contributed by atoms with Crippen molar-refractivity contribution >= 4 is 56.6 Å². The zero-order chi connectivity index (χ0) is 22.1. The normalized spacial score (nSPS) is 16.0. The molecule has 12 heteroatoms. The Hall–Kier alpha value is -2.20. The van der Waals surface area contributed by atoms with Crippen LogP contribution in [0.2, 0.25) is 0 Å². The summed E-state index contributed by atoms with van der Waals surface area (Å²) in [7, 11) is -2.76. The van der Waals surface area contributed by atoms with E-state index in [-0.39, 0.29) is 16.2 Å². The van der Waals surface area contributed by atoms with Crippen LogP contribution in [0.25, 0.3) is 0 Å². The number of hydrogen-bond donors (Lipinski definition) is 1. The Labute approximate surface area is 187 Å². The Morgan fingerprint density at radius 1 is 1.10 bits per heavy atom. The number of carbonyl (C=O) groups excluding carboxylic acids is 2. The number of benzene rings is 2. The minimum absolute atomic E-state index is 0.0199. The highest BCUT2D eigenvalue weighted by atomic mass is 35.6. The number of methoxy groups -OCH3 is 1. The number of halogens is 3. The number of para-hydroxylation sites is 2. The first kappa shape index (κ1) is 22.5. The maximum atomic E-state index is 12.6. The standard InChI is InChI=1S/C18H15Cl3N2O6S/c1-28-12-7-3-4-8-13(12)29-17(18(19,20)21)22-15(24)10-23-16(25)11-6-2-5-9-14(11)30(23,26)27/h2-9,17H,10H2,1H3,(H,22,24)/t17-/m1/s1. The summed E-state index contributed by atoms with van der Waals surface area (Å²) in [6.07, 6.45) is -1.51. The highest BCUT2D eigenvalue weighted by Crippen LogP contribution is 2.35. The molecule has 160 valence electrons. The van der Waals surface area contributed by atoms with Crippen LogP contribution in [0, 0.1) is 0 Å². The molecule has 0 aromatic heterocycles. The first-order valence-corrected chi connectivity index (χ1v) is 10.9. The fourth-order valence-corrected chi connectivity index (χ4v) is 4.55. The Bertz CT molecular complexity index is 1090. The van der Waals surface area contributed by atoms with Crippen molar-refractivity contribution in [2.45, 2.75) is 14.9 Å². The van der Waals surface area contributed by atoms with E-state index in [4.69, 9.17) is 44.3 Å². The van der Waals surface area contributed by atoms with Gasteiger partial charge in [-0.3, -0.25) is 9.59 Å². The van der Waals surface area contributed by atoms with Crippen LogP contribution in [0.3, 0.4) is 0 Å². The molecule has 0 bridgehead atoms. The van der Waals surface area contributed by atoms with Crippen LogP contribution in [0.15, 0.2) is 53.4 Å². The number of alkyl halides is 3. The smallest absolute Gasteiger partial charge is 0.269 e. The molecule has 1 aliphatic heterocycles.